The third-order valence-corrected chi connectivity index (χ3v) is 6.45. The minimum absolute atomic E-state index is 0.195. The van der Waals surface area contributed by atoms with E-state index < -0.39 is 23.7 Å². The van der Waals surface area contributed by atoms with E-state index in [9.17, 15) is 18.0 Å². The Labute approximate surface area is 201 Å². The van der Waals surface area contributed by atoms with Gasteiger partial charge in [-0.15, -0.1) is 0 Å². The van der Waals surface area contributed by atoms with Gasteiger partial charge in [0.25, 0.3) is 0 Å². The number of rotatable bonds is 5. The molecule has 9 heteroatoms. The van der Waals surface area contributed by atoms with Gasteiger partial charge in [0.2, 0.25) is 5.91 Å². The number of nitrogens with one attached hydrogen (secondary N) is 1. The lowest BCUT2D eigenvalue weighted by molar-refractivity contribution is -0.115. The molecule has 6 nitrogen and oxygen atoms in total. The van der Waals surface area contributed by atoms with Crippen LogP contribution in [0.2, 0.25) is 0 Å². The molecule has 0 unspecified atom stereocenters. The standard InChI is InChI=1S/C26H26F3N5O/c1-16-9-23(33-8-5-22-18(14-33)3-2-6-30-22)31-26(34-7-4-19(27)15-34)25(16)32-24(35)12-17-10-20(28)13-21(29)11-17/h2-3,6,9-11,13,19H,4-5,7-8,12,14-15H2,1H3,(H,32,35)/t19-/m1/s1. The van der Waals surface area contributed by atoms with Gasteiger partial charge in [-0.1, -0.05) is 6.07 Å². The van der Waals surface area contributed by atoms with Gasteiger partial charge in [-0.05, 0) is 54.3 Å². The van der Waals surface area contributed by atoms with Gasteiger partial charge in [-0.25, -0.2) is 18.2 Å². The molecule has 0 aliphatic carbocycles. The average molecular weight is 482 g/mol. The largest absolute Gasteiger partial charge is 0.352 e. The van der Waals surface area contributed by atoms with Crippen molar-refractivity contribution in [2.75, 3.05) is 34.8 Å². The topological polar surface area (TPSA) is 61.4 Å². The summed E-state index contributed by atoms with van der Waals surface area (Å²) in [6.45, 7) is 3.97. The third kappa shape index (κ3) is 5.08. The van der Waals surface area contributed by atoms with Crippen molar-refractivity contribution in [1.82, 2.24) is 9.97 Å². The molecule has 2 aliphatic rings. The summed E-state index contributed by atoms with van der Waals surface area (Å²) >= 11 is 0. The zero-order valence-electron chi connectivity index (χ0n) is 19.4. The molecule has 1 fully saturated rings. The number of carbonyl (C=O) groups excluding carboxylic acids is 1. The molecule has 0 saturated carbocycles. The molecule has 3 aromatic rings. The zero-order chi connectivity index (χ0) is 24.5. The highest BCUT2D eigenvalue weighted by Gasteiger charge is 2.28. The molecular formula is C26H26F3N5O. The summed E-state index contributed by atoms with van der Waals surface area (Å²) < 4.78 is 41.2. The summed E-state index contributed by atoms with van der Waals surface area (Å²) in [4.78, 5) is 26.1. The van der Waals surface area contributed by atoms with Crippen LogP contribution in [-0.2, 0) is 24.2 Å². The Morgan fingerprint density at radius 1 is 1.14 bits per heavy atom. The molecular weight excluding hydrogens is 455 g/mol. The lowest BCUT2D eigenvalue weighted by atomic mass is 10.1. The van der Waals surface area contributed by atoms with Gasteiger partial charge in [-0.3, -0.25) is 9.78 Å². The molecule has 182 valence electrons. The Morgan fingerprint density at radius 3 is 2.69 bits per heavy atom. The SMILES string of the molecule is Cc1cc(N2CCc3ncccc3C2)nc(N2CC[C@@H](F)C2)c1NC(=O)Cc1cc(F)cc(F)c1. The average Bonchev–Trinajstić information content (AvgIpc) is 3.25. The predicted molar refractivity (Wildman–Crippen MR) is 128 cm³/mol. The van der Waals surface area contributed by atoms with E-state index >= 15 is 0 Å². The molecule has 4 heterocycles. The van der Waals surface area contributed by atoms with Gasteiger partial charge >= 0.3 is 0 Å². The summed E-state index contributed by atoms with van der Waals surface area (Å²) in [5.41, 5.74) is 3.73. The van der Waals surface area contributed by atoms with E-state index in [1.54, 1.807) is 6.20 Å². The molecule has 2 aromatic heterocycles. The number of benzene rings is 1. The van der Waals surface area contributed by atoms with Gasteiger partial charge in [0.05, 0.1) is 18.7 Å². The highest BCUT2D eigenvalue weighted by Crippen LogP contribution is 2.35. The zero-order valence-corrected chi connectivity index (χ0v) is 19.4. The third-order valence-electron chi connectivity index (χ3n) is 6.45. The van der Waals surface area contributed by atoms with E-state index in [0.29, 0.717) is 31.0 Å². The molecule has 1 aromatic carbocycles. The molecule has 0 radical (unpaired) electrons. The van der Waals surface area contributed by atoms with Gasteiger partial charge in [0.15, 0.2) is 5.82 Å². The van der Waals surface area contributed by atoms with Crippen LogP contribution < -0.4 is 15.1 Å². The van der Waals surface area contributed by atoms with Crippen molar-refractivity contribution < 1.29 is 18.0 Å². The number of pyridine rings is 2. The van der Waals surface area contributed by atoms with E-state index in [1.165, 1.54) is 0 Å². The number of hydrogen-bond acceptors (Lipinski definition) is 5. The highest BCUT2D eigenvalue weighted by molar-refractivity contribution is 5.96. The monoisotopic (exact) mass is 481 g/mol. The van der Waals surface area contributed by atoms with Crippen molar-refractivity contribution in [1.29, 1.82) is 0 Å². The lowest BCUT2D eigenvalue weighted by Crippen LogP contribution is -2.32. The molecule has 1 atom stereocenters. The Balaban J connectivity index is 1.43. The number of anilines is 3. The first-order valence-electron chi connectivity index (χ1n) is 11.7. The van der Waals surface area contributed by atoms with Crippen LogP contribution in [0.5, 0.6) is 0 Å². The Bertz CT molecular complexity index is 1250. The molecule has 0 bridgehead atoms. The second kappa shape index (κ2) is 9.56. The molecule has 2 aliphatic heterocycles. The van der Waals surface area contributed by atoms with Crippen molar-refractivity contribution in [2.24, 2.45) is 0 Å². The second-order valence-electron chi connectivity index (χ2n) is 9.11. The van der Waals surface area contributed by atoms with Crippen molar-refractivity contribution in [3.05, 3.63) is 76.6 Å². The number of fused-ring (bicyclic) bond motifs is 1. The fourth-order valence-corrected chi connectivity index (χ4v) is 4.74. The Hall–Kier alpha value is -3.62. The van der Waals surface area contributed by atoms with Crippen LogP contribution in [0.15, 0.2) is 42.6 Å². The highest BCUT2D eigenvalue weighted by atomic mass is 19.1. The molecule has 1 saturated heterocycles. The van der Waals surface area contributed by atoms with Crippen molar-refractivity contribution in [2.45, 2.75) is 38.9 Å². The van der Waals surface area contributed by atoms with Crippen LogP contribution in [0.4, 0.5) is 30.5 Å². The Morgan fingerprint density at radius 2 is 1.94 bits per heavy atom. The number of alkyl halides is 1. The minimum atomic E-state index is -0.965. The molecule has 35 heavy (non-hydrogen) atoms. The summed E-state index contributed by atoms with van der Waals surface area (Å²) in [7, 11) is 0. The number of hydrogen-bond donors (Lipinski definition) is 1. The van der Waals surface area contributed by atoms with Gasteiger partial charge < -0.3 is 15.1 Å². The molecule has 1 N–H and O–H groups in total. The first-order valence-corrected chi connectivity index (χ1v) is 11.7. The normalized spacial score (nSPS) is 17.4. The van der Waals surface area contributed by atoms with E-state index in [2.05, 4.69) is 21.3 Å². The van der Waals surface area contributed by atoms with E-state index in [0.717, 1.165) is 53.8 Å². The fraction of sp³-hybridized carbons (Fsp3) is 0.346. The van der Waals surface area contributed by atoms with Crippen LogP contribution in [0.1, 0.15) is 28.8 Å². The molecule has 1 amide bonds. The van der Waals surface area contributed by atoms with Crippen molar-refractivity contribution in [3.8, 4) is 0 Å². The maximum Gasteiger partial charge on any atom is 0.228 e. The maximum absolute atomic E-state index is 14.1. The number of amides is 1. The van der Waals surface area contributed by atoms with Crippen LogP contribution in [-0.4, -0.2) is 41.7 Å². The van der Waals surface area contributed by atoms with Crippen molar-refractivity contribution in [3.63, 3.8) is 0 Å². The first-order chi connectivity index (χ1) is 16.9. The van der Waals surface area contributed by atoms with Crippen LogP contribution >= 0.6 is 0 Å². The van der Waals surface area contributed by atoms with Crippen LogP contribution in [0.25, 0.3) is 0 Å². The smallest absolute Gasteiger partial charge is 0.228 e. The fourth-order valence-electron chi connectivity index (χ4n) is 4.74. The number of aromatic nitrogens is 2. The first kappa shape index (κ1) is 23.1. The summed E-state index contributed by atoms with van der Waals surface area (Å²) in [5.74, 6) is -0.640. The van der Waals surface area contributed by atoms with E-state index in [4.69, 9.17) is 4.98 Å². The maximum atomic E-state index is 14.1. The summed E-state index contributed by atoms with van der Waals surface area (Å²) in [5, 5.41) is 2.86. The van der Waals surface area contributed by atoms with E-state index in [-0.39, 0.29) is 18.5 Å². The predicted octanol–water partition coefficient (Wildman–Crippen LogP) is 4.36. The van der Waals surface area contributed by atoms with Gasteiger partial charge in [0, 0.05) is 44.0 Å². The van der Waals surface area contributed by atoms with Crippen LogP contribution in [0, 0.1) is 18.6 Å². The van der Waals surface area contributed by atoms with Crippen molar-refractivity contribution >= 4 is 23.2 Å². The minimum Gasteiger partial charge on any atom is -0.352 e. The summed E-state index contributed by atoms with van der Waals surface area (Å²) in [6.07, 6.45) is 1.82. The second-order valence-corrected chi connectivity index (χ2v) is 9.11. The lowest BCUT2D eigenvalue weighted by Gasteiger charge is -2.31. The number of nitrogens with zero attached hydrogens (tertiary/aromatic N) is 4. The number of halogens is 3. The molecule has 5 rings (SSSR count). The van der Waals surface area contributed by atoms with E-state index in [1.807, 2.05) is 24.0 Å². The summed E-state index contributed by atoms with van der Waals surface area (Å²) in [6, 6.07) is 8.92. The van der Waals surface area contributed by atoms with Crippen LogP contribution in [0.3, 0.4) is 0 Å². The Kier molecular flexibility index (Phi) is 6.32. The quantitative estimate of drug-likeness (QED) is 0.587. The van der Waals surface area contributed by atoms with Gasteiger partial charge in [-0.2, -0.15) is 0 Å². The van der Waals surface area contributed by atoms with Gasteiger partial charge in [0.1, 0.15) is 23.6 Å². The molecule has 0 spiro atoms. The number of aryl methyl sites for hydroxylation is 1. The number of carbonyl (C=O) groups is 1.